The van der Waals surface area contributed by atoms with Crippen LogP contribution in [0.15, 0.2) is 24.4 Å². The molecule has 3 rings (SSSR count). The van der Waals surface area contributed by atoms with Crippen molar-refractivity contribution in [1.29, 1.82) is 0 Å². The minimum atomic E-state index is -0.441. The van der Waals surface area contributed by atoms with Crippen molar-refractivity contribution >= 4 is 17.0 Å². The number of anilines is 1. The maximum Gasteiger partial charge on any atom is 0.214 e. The van der Waals surface area contributed by atoms with Gasteiger partial charge in [-0.2, -0.15) is 4.39 Å². The molecule has 0 saturated heterocycles. The van der Waals surface area contributed by atoms with Crippen molar-refractivity contribution < 1.29 is 4.39 Å². The fraction of sp³-hybridized carbons (Fsp3) is 0.308. The number of fused-ring (bicyclic) bond motifs is 1. The maximum atomic E-state index is 12.9. The number of pyridine rings is 1. The Bertz CT molecular complexity index is 514. The van der Waals surface area contributed by atoms with E-state index in [-0.39, 0.29) is 0 Å². The lowest BCUT2D eigenvalue weighted by molar-refractivity contribution is 0.584. The highest BCUT2D eigenvalue weighted by atomic mass is 32.1. The Morgan fingerprint density at radius 1 is 1.35 bits per heavy atom. The van der Waals surface area contributed by atoms with E-state index in [9.17, 15) is 4.39 Å². The summed E-state index contributed by atoms with van der Waals surface area (Å²) in [4.78, 5) is 6.39. The van der Waals surface area contributed by atoms with Gasteiger partial charge in [-0.15, -0.1) is 11.3 Å². The number of aromatic nitrogens is 1. The zero-order chi connectivity index (χ0) is 11.7. The molecule has 2 aromatic rings. The summed E-state index contributed by atoms with van der Waals surface area (Å²) in [5.41, 5.74) is 2.29. The van der Waals surface area contributed by atoms with Gasteiger partial charge in [0.25, 0.3) is 0 Å². The molecule has 0 aromatic carbocycles. The van der Waals surface area contributed by atoms with E-state index in [2.05, 4.69) is 16.4 Å². The second-order valence-corrected chi connectivity index (χ2v) is 5.46. The Balaban J connectivity index is 1.67. The van der Waals surface area contributed by atoms with Gasteiger partial charge in [-0.05, 0) is 37.0 Å². The van der Waals surface area contributed by atoms with Gasteiger partial charge in [-0.1, -0.05) is 0 Å². The predicted octanol–water partition coefficient (Wildman–Crippen LogP) is 3.38. The van der Waals surface area contributed by atoms with Crippen LogP contribution in [0.3, 0.4) is 0 Å². The fourth-order valence-corrected chi connectivity index (χ4v) is 3.38. The van der Waals surface area contributed by atoms with Crippen LogP contribution in [-0.4, -0.2) is 4.98 Å². The highest BCUT2D eigenvalue weighted by Gasteiger charge is 2.14. The summed E-state index contributed by atoms with van der Waals surface area (Å²) in [5, 5.41) is 3.22. The highest BCUT2D eigenvalue weighted by Crippen LogP contribution is 2.30. The van der Waals surface area contributed by atoms with E-state index in [1.54, 1.807) is 6.07 Å². The molecule has 1 aliphatic rings. The van der Waals surface area contributed by atoms with Crippen molar-refractivity contribution in [2.45, 2.75) is 25.8 Å². The van der Waals surface area contributed by atoms with Gasteiger partial charge in [0.2, 0.25) is 5.95 Å². The summed E-state index contributed by atoms with van der Waals surface area (Å²) in [6.07, 6.45) is 5.22. The van der Waals surface area contributed by atoms with Crippen LogP contribution in [0.4, 0.5) is 10.1 Å². The average Bonchev–Trinajstić information content (AvgIpc) is 2.86. The first-order valence-electron chi connectivity index (χ1n) is 5.77. The molecule has 2 nitrogen and oxygen atoms in total. The molecule has 0 saturated carbocycles. The topological polar surface area (TPSA) is 24.9 Å². The second-order valence-electron chi connectivity index (χ2n) is 4.24. The number of hydrogen-bond donors (Lipinski definition) is 1. The van der Waals surface area contributed by atoms with E-state index in [0.717, 1.165) is 12.2 Å². The van der Waals surface area contributed by atoms with Crippen molar-refractivity contribution in [3.05, 3.63) is 45.7 Å². The van der Waals surface area contributed by atoms with Crippen LogP contribution < -0.4 is 5.32 Å². The standard InChI is InChI=1S/C13H13FN2S/c14-13-7-10(4-5-15-13)16-8-11-6-9-2-1-3-12(9)17-11/h4-7H,1-3,8H2,(H,15,16). The van der Waals surface area contributed by atoms with Crippen LogP contribution in [0.25, 0.3) is 0 Å². The van der Waals surface area contributed by atoms with Crippen molar-refractivity contribution in [1.82, 2.24) is 4.98 Å². The van der Waals surface area contributed by atoms with Gasteiger partial charge in [-0.3, -0.25) is 0 Å². The first kappa shape index (κ1) is 10.7. The van der Waals surface area contributed by atoms with E-state index >= 15 is 0 Å². The molecule has 1 N–H and O–H groups in total. The lowest BCUT2D eigenvalue weighted by Gasteiger charge is -2.04. The molecular weight excluding hydrogens is 235 g/mol. The van der Waals surface area contributed by atoms with Gasteiger partial charge in [0.05, 0.1) is 0 Å². The largest absolute Gasteiger partial charge is 0.380 e. The van der Waals surface area contributed by atoms with Crippen molar-refractivity contribution in [3.63, 3.8) is 0 Å². The Hall–Kier alpha value is -1.42. The molecule has 1 aliphatic carbocycles. The highest BCUT2D eigenvalue weighted by molar-refractivity contribution is 7.12. The average molecular weight is 248 g/mol. The molecule has 4 heteroatoms. The van der Waals surface area contributed by atoms with Crippen LogP contribution in [-0.2, 0) is 19.4 Å². The number of halogens is 1. The SMILES string of the molecule is Fc1cc(NCc2cc3c(s2)CCC3)ccn1. The molecule has 2 heterocycles. The van der Waals surface area contributed by atoms with E-state index < -0.39 is 5.95 Å². The lowest BCUT2D eigenvalue weighted by Crippen LogP contribution is -1.98. The summed E-state index contributed by atoms with van der Waals surface area (Å²) in [7, 11) is 0. The molecule has 17 heavy (non-hydrogen) atoms. The fourth-order valence-electron chi connectivity index (χ4n) is 2.18. The first-order valence-corrected chi connectivity index (χ1v) is 6.59. The maximum absolute atomic E-state index is 12.9. The molecule has 88 valence electrons. The van der Waals surface area contributed by atoms with Gasteiger partial charge in [0.1, 0.15) is 0 Å². The number of hydrogen-bond acceptors (Lipinski definition) is 3. The van der Waals surface area contributed by atoms with Gasteiger partial charge >= 0.3 is 0 Å². The van der Waals surface area contributed by atoms with Gasteiger partial charge < -0.3 is 5.32 Å². The van der Waals surface area contributed by atoms with Gasteiger partial charge in [-0.25, -0.2) is 4.98 Å². The lowest BCUT2D eigenvalue weighted by atomic mass is 10.2. The summed E-state index contributed by atoms with van der Waals surface area (Å²) < 4.78 is 12.9. The van der Waals surface area contributed by atoms with Crippen LogP contribution in [0.1, 0.15) is 21.7 Å². The Morgan fingerprint density at radius 2 is 2.29 bits per heavy atom. The zero-order valence-corrected chi connectivity index (χ0v) is 10.2. The third kappa shape index (κ3) is 2.31. The number of rotatable bonds is 3. The molecule has 0 bridgehead atoms. The third-order valence-electron chi connectivity index (χ3n) is 2.99. The summed E-state index contributed by atoms with van der Waals surface area (Å²) >= 11 is 1.87. The van der Waals surface area contributed by atoms with Crippen LogP contribution in [0.5, 0.6) is 0 Å². The molecule has 0 fully saturated rings. The Morgan fingerprint density at radius 3 is 3.12 bits per heavy atom. The van der Waals surface area contributed by atoms with Gasteiger partial charge in [0, 0.05) is 34.2 Å². The second kappa shape index (κ2) is 4.45. The van der Waals surface area contributed by atoms with E-state index in [1.807, 2.05) is 11.3 Å². The monoisotopic (exact) mass is 248 g/mol. The molecular formula is C13H13FN2S. The molecule has 0 atom stereocenters. The molecule has 0 amide bonds. The Kier molecular flexibility index (Phi) is 2.81. The number of aryl methyl sites for hydroxylation is 2. The van der Waals surface area contributed by atoms with Crippen LogP contribution in [0, 0.1) is 5.95 Å². The molecule has 0 spiro atoms. The van der Waals surface area contributed by atoms with Gasteiger partial charge in [0.15, 0.2) is 0 Å². The van der Waals surface area contributed by atoms with Crippen LogP contribution in [0.2, 0.25) is 0 Å². The van der Waals surface area contributed by atoms with E-state index in [0.29, 0.717) is 0 Å². The van der Waals surface area contributed by atoms with E-state index in [1.165, 1.54) is 46.8 Å². The quantitative estimate of drug-likeness (QED) is 0.842. The van der Waals surface area contributed by atoms with Crippen molar-refractivity contribution in [2.24, 2.45) is 0 Å². The van der Waals surface area contributed by atoms with Crippen LogP contribution >= 0.6 is 11.3 Å². The third-order valence-corrected chi connectivity index (χ3v) is 4.23. The Labute approximate surface area is 104 Å². The molecule has 2 aromatic heterocycles. The smallest absolute Gasteiger partial charge is 0.214 e. The first-order chi connectivity index (χ1) is 8.31. The summed E-state index contributed by atoms with van der Waals surface area (Å²) in [5.74, 6) is -0.441. The zero-order valence-electron chi connectivity index (χ0n) is 9.37. The van der Waals surface area contributed by atoms with Crippen molar-refractivity contribution in [3.8, 4) is 0 Å². The predicted molar refractivity (Wildman–Crippen MR) is 67.9 cm³/mol. The molecule has 0 unspecified atom stereocenters. The normalized spacial score (nSPS) is 13.7. The number of nitrogens with zero attached hydrogens (tertiary/aromatic N) is 1. The number of thiophene rings is 1. The molecule has 0 aliphatic heterocycles. The van der Waals surface area contributed by atoms with Crippen molar-refractivity contribution in [2.75, 3.05) is 5.32 Å². The number of nitrogens with one attached hydrogen (secondary N) is 1. The minimum absolute atomic E-state index is 0.441. The van der Waals surface area contributed by atoms with E-state index in [4.69, 9.17) is 0 Å². The molecule has 0 radical (unpaired) electrons. The minimum Gasteiger partial charge on any atom is -0.380 e. The summed E-state index contributed by atoms with van der Waals surface area (Å²) in [6, 6.07) is 5.48. The summed E-state index contributed by atoms with van der Waals surface area (Å²) in [6.45, 7) is 0.765.